The van der Waals surface area contributed by atoms with Crippen LogP contribution in [0.15, 0.2) is 17.0 Å². The molecule has 7 heteroatoms. The van der Waals surface area contributed by atoms with Crippen LogP contribution in [-0.2, 0) is 10.0 Å². The number of hydrogen-bond donors (Lipinski definition) is 1. The lowest BCUT2D eigenvalue weighted by Gasteiger charge is -2.08. The standard InChI is InChI=1S/C10H8Cl2FNO2S/c1-2-3-6-14-17(15,16)8-5-4-7(11)10(13)9(8)12/h1,4-5,14H,3,6H2. The molecule has 0 fully saturated rings. The van der Waals surface area contributed by atoms with Crippen molar-refractivity contribution in [3.63, 3.8) is 0 Å². The molecule has 0 heterocycles. The fourth-order valence-corrected chi connectivity index (χ4v) is 2.83. The van der Waals surface area contributed by atoms with E-state index < -0.39 is 20.9 Å². The molecule has 17 heavy (non-hydrogen) atoms. The molecule has 0 aliphatic heterocycles. The first-order chi connectivity index (χ1) is 7.90. The summed E-state index contributed by atoms with van der Waals surface area (Å²) in [5.74, 6) is 1.31. The zero-order valence-corrected chi connectivity index (χ0v) is 10.8. The normalized spacial score (nSPS) is 11.2. The predicted octanol–water partition coefficient (Wildman–Crippen LogP) is 2.43. The van der Waals surface area contributed by atoms with E-state index in [0.29, 0.717) is 0 Å². The minimum Gasteiger partial charge on any atom is -0.210 e. The fraction of sp³-hybridized carbons (Fsp3) is 0.200. The number of benzene rings is 1. The summed E-state index contributed by atoms with van der Waals surface area (Å²) in [5.41, 5.74) is 0. The highest BCUT2D eigenvalue weighted by atomic mass is 35.5. The summed E-state index contributed by atoms with van der Waals surface area (Å²) in [6.07, 6.45) is 5.21. The van der Waals surface area contributed by atoms with E-state index in [9.17, 15) is 12.8 Å². The van der Waals surface area contributed by atoms with Crippen LogP contribution < -0.4 is 4.72 Å². The van der Waals surface area contributed by atoms with Crippen LogP contribution in [0.25, 0.3) is 0 Å². The molecule has 0 aromatic heterocycles. The molecule has 0 atom stereocenters. The summed E-state index contributed by atoms with van der Waals surface area (Å²) in [7, 11) is -3.88. The Morgan fingerprint density at radius 2 is 2.06 bits per heavy atom. The van der Waals surface area contributed by atoms with E-state index in [1.54, 1.807) is 0 Å². The second-order valence-corrected chi connectivity index (χ2v) is 5.55. The third-order valence-electron chi connectivity index (χ3n) is 1.85. The van der Waals surface area contributed by atoms with Crippen LogP contribution in [0.5, 0.6) is 0 Å². The lowest BCUT2D eigenvalue weighted by molar-refractivity contribution is 0.578. The Labute approximate surface area is 109 Å². The maximum absolute atomic E-state index is 13.3. The summed E-state index contributed by atoms with van der Waals surface area (Å²) in [6, 6.07) is 2.25. The Morgan fingerprint density at radius 3 is 2.65 bits per heavy atom. The van der Waals surface area contributed by atoms with Gasteiger partial charge in [-0.3, -0.25) is 0 Å². The molecule has 0 aliphatic carbocycles. The predicted molar refractivity (Wildman–Crippen MR) is 65.1 cm³/mol. The maximum atomic E-state index is 13.3. The van der Waals surface area contributed by atoms with Crippen molar-refractivity contribution in [3.8, 4) is 12.3 Å². The van der Waals surface area contributed by atoms with Crippen molar-refractivity contribution in [2.75, 3.05) is 6.54 Å². The van der Waals surface area contributed by atoms with Crippen LogP contribution in [0.2, 0.25) is 10.0 Å². The summed E-state index contributed by atoms with van der Waals surface area (Å²) < 4.78 is 39.0. The summed E-state index contributed by atoms with van der Waals surface area (Å²) in [6.45, 7) is 0.0550. The molecule has 0 aliphatic rings. The van der Waals surface area contributed by atoms with E-state index in [1.807, 2.05) is 0 Å². The second kappa shape index (κ2) is 5.69. The quantitative estimate of drug-likeness (QED) is 0.527. The van der Waals surface area contributed by atoms with E-state index in [4.69, 9.17) is 29.6 Å². The van der Waals surface area contributed by atoms with Gasteiger partial charge in [0.05, 0.1) is 10.0 Å². The lowest BCUT2D eigenvalue weighted by Crippen LogP contribution is -2.25. The molecule has 1 aromatic carbocycles. The highest BCUT2D eigenvalue weighted by molar-refractivity contribution is 7.89. The molecular formula is C10H8Cl2FNO2S. The van der Waals surface area contributed by atoms with E-state index in [2.05, 4.69) is 10.6 Å². The molecule has 0 unspecified atom stereocenters. The summed E-state index contributed by atoms with van der Waals surface area (Å²) >= 11 is 11.0. The first kappa shape index (κ1) is 14.3. The molecule has 0 spiro atoms. The van der Waals surface area contributed by atoms with Gasteiger partial charge in [0.1, 0.15) is 4.90 Å². The van der Waals surface area contributed by atoms with Crippen molar-refractivity contribution in [3.05, 3.63) is 28.0 Å². The zero-order chi connectivity index (χ0) is 13.1. The van der Waals surface area contributed by atoms with Gasteiger partial charge in [0.15, 0.2) is 5.82 Å². The van der Waals surface area contributed by atoms with E-state index in [1.165, 1.54) is 0 Å². The van der Waals surface area contributed by atoms with Crippen LogP contribution in [0.4, 0.5) is 4.39 Å². The van der Waals surface area contributed by atoms with Crippen molar-refractivity contribution in [1.82, 2.24) is 4.72 Å². The minimum absolute atomic E-state index is 0.0550. The first-order valence-corrected chi connectivity index (χ1v) is 6.70. The number of rotatable bonds is 4. The lowest BCUT2D eigenvalue weighted by atomic mass is 10.3. The molecule has 0 bridgehead atoms. The van der Waals surface area contributed by atoms with Crippen LogP contribution in [-0.4, -0.2) is 15.0 Å². The van der Waals surface area contributed by atoms with E-state index in [0.717, 1.165) is 12.1 Å². The zero-order valence-electron chi connectivity index (χ0n) is 8.50. The Balaban J connectivity index is 3.09. The number of halogens is 3. The number of nitrogens with one attached hydrogen (secondary N) is 1. The molecule has 0 saturated heterocycles. The Bertz CT molecular complexity index is 566. The van der Waals surface area contributed by atoms with Gasteiger partial charge < -0.3 is 0 Å². The molecule has 0 radical (unpaired) electrons. The van der Waals surface area contributed by atoms with Gasteiger partial charge in [-0.2, -0.15) is 0 Å². The second-order valence-electron chi connectivity index (χ2n) is 3.03. The van der Waals surface area contributed by atoms with Gasteiger partial charge in [0.2, 0.25) is 10.0 Å². The van der Waals surface area contributed by atoms with Crippen LogP contribution in [0.1, 0.15) is 6.42 Å². The van der Waals surface area contributed by atoms with Gasteiger partial charge in [-0.1, -0.05) is 23.2 Å². The van der Waals surface area contributed by atoms with Crippen molar-refractivity contribution in [2.45, 2.75) is 11.3 Å². The van der Waals surface area contributed by atoms with Gasteiger partial charge in [0, 0.05) is 13.0 Å². The van der Waals surface area contributed by atoms with Crippen LogP contribution in [0, 0.1) is 18.2 Å². The van der Waals surface area contributed by atoms with Gasteiger partial charge in [-0.15, -0.1) is 12.3 Å². The van der Waals surface area contributed by atoms with E-state index in [-0.39, 0.29) is 22.9 Å². The SMILES string of the molecule is C#CCCNS(=O)(=O)c1ccc(Cl)c(F)c1Cl. The van der Waals surface area contributed by atoms with Crippen molar-refractivity contribution < 1.29 is 12.8 Å². The molecule has 1 N–H and O–H groups in total. The molecule has 1 rings (SSSR count). The van der Waals surface area contributed by atoms with Crippen molar-refractivity contribution in [2.24, 2.45) is 0 Å². The number of hydrogen-bond acceptors (Lipinski definition) is 2. The fourth-order valence-electron chi connectivity index (χ4n) is 1.05. The minimum atomic E-state index is -3.88. The summed E-state index contributed by atoms with van der Waals surface area (Å²) in [5, 5.41) is -0.775. The van der Waals surface area contributed by atoms with Gasteiger partial charge in [-0.05, 0) is 12.1 Å². The van der Waals surface area contributed by atoms with Gasteiger partial charge in [-0.25, -0.2) is 17.5 Å². The Kier molecular flexibility index (Phi) is 4.78. The molecule has 0 amide bonds. The van der Waals surface area contributed by atoms with Crippen molar-refractivity contribution in [1.29, 1.82) is 0 Å². The third kappa shape index (κ3) is 3.33. The molecule has 92 valence electrons. The average molecular weight is 296 g/mol. The average Bonchev–Trinajstić information content (AvgIpc) is 2.26. The Morgan fingerprint density at radius 1 is 1.41 bits per heavy atom. The van der Waals surface area contributed by atoms with Crippen molar-refractivity contribution >= 4 is 33.2 Å². The largest absolute Gasteiger partial charge is 0.242 e. The third-order valence-corrected chi connectivity index (χ3v) is 4.13. The highest BCUT2D eigenvalue weighted by Crippen LogP contribution is 2.29. The molecule has 0 saturated carbocycles. The van der Waals surface area contributed by atoms with Crippen LogP contribution in [0.3, 0.4) is 0 Å². The smallest absolute Gasteiger partial charge is 0.210 e. The molecule has 1 aromatic rings. The number of terminal acetylenes is 1. The van der Waals surface area contributed by atoms with Gasteiger partial charge in [0.25, 0.3) is 0 Å². The monoisotopic (exact) mass is 295 g/mol. The van der Waals surface area contributed by atoms with Crippen LogP contribution >= 0.6 is 23.2 Å². The van der Waals surface area contributed by atoms with Gasteiger partial charge >= 0.3 is 0 Å². The molecule has 3 nitrogen and oxygen atoms in total. The maximum Gasteiger partial charge on any atom is 0.242 e. The highest BCUT2D eigenvalue weighted by Gasteiger charge is 2.21. The first-order valence-electron chi connectivity index (χ1n) is 4.46. The number of sulfonamides is 1. The molecular weight excluding hydrogens is 288 g/mol. The summed E-state index contributed by atoms with van der Waals surface area (Å²) in [4.78, 5) is -0.363. The topological polar surface area (TPSA) is 46.2 Å². The van der Waals surface area contributed by atoms with E-state index >= 15 is 0 Å². The Hall–Kier alpha value is -0.800.